The molecule has 5 nitrogen and oxygen atoms in total. The summed E-state index contributed by atoms with van der Waals surface area (Å²) >= 11 is 0. The second-order valence-corrected chi connectivity index (χ2v) is 4.62. The highest BCUT2D eigenvalue weighted by molar-refractivity contribution is 7.45. The van der Waals surface area contributed by atoms with E-state index in [0.29, 0.717) is 0 Å². The maximum Gasteiger partial charge on any atom is 0.408 e. The van der Waals surface area contributed by atoms with Crippen molar-refractivity contribution in [1.29, 1.82) is 0 Å². The number of hydrogen-bond acceptors (Lipinski definition) is 4. The quantitative estimate of drug-likeness (QED) is 0.701. The van der Waals surface area contributed by atoms with Gasteiger partial charge < -0.3 is 19.8 Å². The van der Waals surface area contributed by atoms with Crippen LogP contribution in [0, 0.1) is 0 Å². The summed E-state index contributed by atoms with van der Waals surface area (Å²) in [4.78, 5) is 28.8. The summed E-state index contributed by atoms with van der Waals surface area (Å²) in [6.07, 6.45) is -0.660. The Kier molecular flexibility index (Phi) is 5.19. The lowest BCUT2D eigenvalue weighted by Gasteiger charge is -2.14. The average molecular weight is 243 g/mol. The van der Waals surface area contributed by atoms with E-state index < -0.39 is 20.3 Å². The number of rotatable bonds is 4. The molecule has 0 spiro atoms. The first kappa shape index (κ1) is 12.9. The van der Waals surface area contributed by atoms with Crippen LogP contribution in [0.2, 0.25) is 0 Å². The van der Waals surface area contributed by atoms with Gasteiger partial charge in [-0.15, -0.1) is 0 Å². The molecular formula is C10H14NO4P. The molecule has 6 heteroatoms. The van der Waals surface area contributed by atoms with E-state index in [4.69, 9.17) is 14.5 Å². The topological polar surface area (TPSA) is 78.8 Å². The molecular weight excluding hydrogens is 229 g/mol. The van der Waals surface area contributed by atoms with Crippen LogP contribution in [0.5, 0.6) is 0 Å². The van der Waals surface area contributed by atoms with Gasteiger partial charge in [-0.1, -0.05) is 30.3 Å². The monoisotopic (exact) mass is 243 g/mol. The summed E-state index contributed by atoms with van der Waals surface area (Å²) < 4.78 is 4.89. The van der Waals surface area contributed by atoms with Crippen LogP contribution in [0.3, 0.4) is 0 Å². The number of ether oxygens (including phenoxy) is 1. The van der Waals surface area contributed by atoms with Gasteiger partial charge in [0.2, 0.25) is 0 Å². The molecule has 1 rings (SSSR count). The Balaban J connectivity index is 2.31. The first-order chi connectivity index (χ1) is 7.59. The molecule has 0 bridgehead atoms. The lowest BCUT2D eigenvalue weighted by molar-refractivity contribution is 0.138. The van der Waals surface area contributed by atoms with Crippen molar-refractivity contribution < 1.29 is 19.3 Å². The van der Waals surface area contributed by atoms with Gasteiger partial charge in [-0.3, -0.25) is 0 Å². The maximum absolute atomic E-state index is 11.2. The summed E-state index contributed by atoms with van der Waals surface area (Å²) in [6, 6.07) is 9.24. The van der Waals surface area contributed by atoms with E-state index in [1.165, 1.54) is 6.92 Å². The molecule has 0 radical (unpaired) electrons. The molecule has 0 aliphatic rings. The second kappa shape index (κ2) is 6.43. The number of nitrogens with one attached hydrogen (secondary N) is 1. The zero-order valence-corrected chi connectivity index (χ0v) is 9.72. The van der Waals surface area contributed by atoms with Gasteiger partial charge in [0, 0.05) is 0 Å². The van der Waals surface area contributed by atoms with Gasteiger partial charge in [0.1, 0.15) is 6.61 Å². The lowest BCUT2D eigenvalue weighted by atomic mass is 10.2. The van der Waals surface area contributed by atoms with E-state index >= 15 is 0 Å². The van der Waals surface area contributed by atoms with Crippen LogP contribution in [-0.4, -0.2) is 21.7 Å². The van der Waals surface area contributed by atoms with Crippen molar-refractivity contribution in [2.24, 2.45) is 0 Å². The number of benzene rings is 1. The molecule has 0 saturated heterocycles. The highest BCUT2D eigenvalue weighted by Crippen LogP contribution is 2.28. The zero-order chi connectivity index (χ0) is 12.0. The molecule has 88 valence electrons. The van der Waals surface area contributed by atoms with Gasteiger partial charge in [0.25, 0.3) is 0 Å². The van der Waals surface area contributed by atoms with Crippen molar-refractivity contribution in [3.8, 4) is 0 Å². The number of hydrogen-bond donors (Lipinski definition) is 3. The predicted octanol–water partition coefficient (Wildman–Crippen LogP) is 1.56. The maximum atomic E-state index is 11.2. The molecule has 1 unspecified atom stereocenters. The Morgan fingerprint density at radius 1 is 1.44 bits per heavy atom. The van der Waals surface area contributed by atoms with Crippen LogP contribution in [0.25, 0.3) is 0 Å². The fraction of sp³-hybridized carbons (Fsp3) is 0.300. The molecule has 16 heavy (non-hydrogen) atoms. The van der Waals surface area contributed by atoms with Crippen LogP contribution in [0.4, 0.5) is 4.79 Å². The van der Waals surface area contributed by atoms with Crippen LogP contribution in [-0.2, 0) is 11.3 Å². The standard InChI is InChI=1S/C10H14NO4P/c1-8(16(13)14)11-10(12)15-7-9-5-3-2-4-6-9/h2-6,8,13-14H,7H2,1H3,(H,11,12). The van der Waals surface area contributed by atoms with Crippen LogP contribution in [0.15, 0.2) is 30.3 Å². The average Bonchev–Trinajstić information content (AvgIpc) is 2.27. The van der Waals surface area contributed by atoms with Gasteiger partial charge in [0.05, 0.1) is 5.78 Å². The summed E-state index contributed by atoms with van der Waals surface area (Å²) in [7, 11) is -2.17. The van der Waals surface area contributed by atoms with E-state index in [2.05, 4.69) is 5.32 Å². The van der Waals surface area contributed by atoms with E-state index in [0.717, 1.165) is 5.56 Å². The molecule has 1 atom stereocenters. The number of carbonyl (C=O) groups is 1. The third-order valence-electron chi connectivity index (χ3n) is 1.89. The fourth-order valence-corrected chi connectivity index (χ4v) is 1.21. The minimum Gasteiger partial charge on any atom is -0.445 e. The van der Waals surface area contributed by atoms with Gasteiger partial charge in [-0.25, -0.2) is 4.79 Å². The minimum absolute atomic E-state index is 0.161. The van der Waals surface area contributed by atoms with Gasteiger partial charge in [0.15, 0.2) is 8.38 Å². The Labute approximate surface area is 95.0 Å². The highest BCUT2D eigenvalue weighted by atomic mass is 31.2. The van der Waals surface area contributed by atoms with Crippen molar-refractivity contribution in [3.05, 3.63) is 35.9 Å². The van der Waals surface area contributed by atoms with E-state index in [1.807, 2.05) is 30.3 Å². The predicted molar refractivity (Wildman–Crippen MR) is 60.6 cm³/mol. The molecule has 0 fully saturated rings. The first-order valence-corrected chi connectivity index (χ1v) is 6.05. The summed E-state index contributed by atoms with van der Waals surface area (Å²) in [5.41, 5.74) is 0.876. The molecule has 1 amide bonds. The third kappa shape index (κ3) is 4.57. The largest absolute Gasteiger partial charge is 0.445 e. The Morgan fingerprint density at radius 3 is 2.62 bits per heavy atom. The summed E-state index contributed by atoms with van der Waals surface area (Å²) in [5.74, 6) is -0.696. The second-order valence-electron chi connectivity index (χ2n) is 3.20. The Morgan fingerprint density at radius 2 is 2.06 bits per heavy atom. The lowest BCUT2D eigenvalue weighted by Crippen LogP contribution is -2.31. The van der Waals surface area contributed by atoms with Crippen molar-refractivity contribution in [2.45, 2.75) is 19.3 Å². The number of amides is 1. The smallest absolute Gasteiger partial charge is 0.408 e. The molecule has 0 aromatic heterocycles. The molecule has 0 aliphatic carbocycles. The molecule has 0 aliphatic heterocycles. The third-order valence-corrected chi connectivity index (χ3v) is 2.71. The number of alkyl carbamates (subject to hydrolysis) is 1. The minimum atomic E-state index is -2.17. The highest BCUT2D eigenvalue weighted by Gasteiger charge is 2.14. The molecule has 0 saturated carbocycles. The Hall–Kier alpha value is -1.16. The van der Waals surface area contributed by atoms with Crippen molar-refractivity contribution in [2.75, 3.05) is 0 Å². The van der Waals surface area contributed by atoms with Gasteiger partial charge >= 0.3 is 6.09 Å². The van der Waals surface area contributed by atoms with Crippen LogP contribution in [0.1, 0.15) is 12.5 Å². The summed E-state index contributed by atoms with van der Waals surface area (Å²) in [6.45, 7) is 1.66. The zero-order valence-electron chi connectivity index (χ0n) is 8.83. The van der Waals surface area contributed by atoms with E-state index in [1.54, 1.807) is 0 Å². The molecule has 1 aromatic carbocycles. The Bertz CT molecular complexity index is 331. The number of carbonyl (C=O) groups excluding carboxylic acids is 1. The van der Waals surface area contributed by atoms with Gasteiger partial charge in [-0.2, -0.15) is 0 Å². The molecule has 3 N–H and O–H groups in total. The van der Waals surface area contributed by atoms with Gasteiger partial charge in [-0.05, 0) is 12.5 Å². The van der Waals surface area contributed by atoms with Crippen molar-refractivity contribution >= 4 is 14.5 Å². The molecule has 0 heterocycles. The fourth-order valence-electron chi connectivity index (χ4n) is 0.993. The van der Waals surface area contributed by atoms with E-state index in [-0.39, 0.29) is 6.61 Å². The van der Waals surface area contributed by atoms with Crippen molar-refractivity contribution in [1.82, 2.24) is 5.32 Å². The summed E-state index contributed by atoms with van der Waals surface area (Å²) in [5, 5.41) is 2.32. The van der Waals surface area contributed by atoms with E-state index in [9.17, 15) is 4.79 Å². The SMILES string of the molecule is CC(NC(=O)OCc1ccccc1)P(O)O. The first-order valence-electron chi connectivity index (χ1n) is 4.74. The van der Waals surface area contributed by atoms with Crippen LogP contribution < -0.4 is 5.32 Å². The molecule has 1 aromatic rings. The normalized spacial score (nSPS) is 12.2. The van der Waals surface area contributed by atoms with Crippen LogP contribution >= 0.6 is 8.38 Å². The van der Waals surface area contributed by atoms with Crippen molar-refractivity contribution in [3.63, 3.8) is 0 Å².